The van der Waals surface area contributed by atoms with Gasteiger partial charge in [-0.1, -0.05) is 13.3 Å². The fourth-order valence-corrected chi connectivity index (χ4v) is 2.43. The van der Waals surface area contributed by atoms with Gasteiger partial charge in [-0.2, -0.15) is 0 Å². The number of hydrogen-bond donors (Lipinski definition) is 1. The minimum Gasteiger partial charge on any atom is -0.480 e. The average Bonchev–Trinajstić information content (AvgIpc) is 2.43. The molecule has 0 aromatic heterocycles. The number of carbonyl (C=O) groups is 1. The highest BCUT2D eigenvalue weighted by molar-refractivity contribution is 5.78. The summed E-state index contributed by atoms with van der Waals surface area (Å²) in [5, 5.41) is 9.42. The largest absolute Gasteiger partial charge is 0.480 e. The van der Waals surface area contributed by atoms with Crippen LogP contribution in [-0.2, 0) is 4.79 Å². The van der Waals surface area contributed by atoms with Crippen LogP contribution in [0.15, 0.2) is 0 Å². The second-order valence-corrected chi connectivity index (χ2v) is 4.97. The highest BCUT2D eigenvalue weighted by Crippen LogP contribution is 2.23. The summed E-state index contributed by atoms with van der Waals surface area (Å²) in [7, 11) is 2.10. The minimum atomic E-state index is -0.682. The molecule has 4 nitrogen and oxygen atoms in total. The molecule has 1 fully saturated rings. The Hall–Kier alpha value is -0.610. The zero-order chi connectivity index (χ0) is 12.2. The lowest BCUT2D eigenvalue weighted by atomic mass is 9.93. The van der Waals surface area contributed by atoms with Crippen molar-refractivity contribution in [1.29, 1.82) is 0 Å². The van der Waals surface area contributed by atoms with Crippen molar-refractivity contribution < 1.29 is 9.90 Å². The summed E-state index contributed by atoms with van der Waals surface area (Å²) in [5.41, 5.74) is -0.681. The number of aliphatic carboxylic acids is 1. The third-order valence-corrected chi connectivity index (χ3v) is 3.61. The molecule has 1 aliphatic heterocycles. The van der Waals surface area contributed by atoms with Crippen molar-refractivity contribution in [3.8, 4) is 0 Å². The molecule has 1 atom stereocenters. The number of carboxylic acid groups (broad SMARTS) is 1. The fourth-order valence-electron chi connectivity index (χ4n) is 2.43. The fraction of sp³-hybridized carbons (Fsp3) is 0.917. The zero-order valence-electron chi connectivity index (χ0n) is 10.7. The summed E-state index contributed by atoms with van der Waals surface area (Å²) in [6.45, 7) is 7.70. The lowest BCUT2D eigenvalue weighted by Crippen LogP contribution is -2.53. The summed E-state index contributed by atoms with van der Waals surface area (Å²) in [6.07, 6.45) is 2.70. The molecular formula is C12H24N2O2. The van der Waals surface area contributed by atoms with E-state index in [0.29, 0.717) is 0 Å². The Kier molecular flexibility index (Phi) is 4.74. The number of rotatable bonds is 4. The maximum Gasteiger partial charge on any atom is 0.323 e. The van der Waals surface area contributed by atoms with E-state index < -0.39 is 11.5 Å². The van der Waals surface area contributed by atoms with E-state index in [1.165, 1.54) is 0 Å². The SMILES string of the molecule is CCCC(C)(C(=O)O)N1CCCN(C)CC1. The van der Waals surface area contributed by atoms with Crippen LogP contribution in [0.2, 0.25) is 0 Å². The smallest absolute Gasteiger partial charge is 0.323 e. The van der Waals surface area contributed by atoms with Gasteiger partial charge in [0.1, 0.15) is 5.54 Å². The second kappa shape index (κ2) is 5.64. The van der Waals surface area contributed by atoms with E-state index in [1.807, 2.05) is 13.8 Å². The number of hydrogen-bond acceptors (Lipinski definition) is 3. The predicted molar refractivity (Wildman–Crippen MR) is 64.6 cm³/mol. The van der Waals surface area contributed by atoms with Gasteiger partial charge in [-0.15, -0.1) is 0 Å². The molecule has 94 valence electrons. The van der Waals surface area contributed by atoms with Crippen LogP contribution in [0.4, 0.5) is 0 Å². The van der Waals surface area contributed by atoms with Gasteiger partial charge in [-0.25, -0.2) is 0 Å². The van der Waals surface area contributed by atoms with Gasteiger partial charge in [0.15, 0.2) is 0 Å². The highest BCUT2D eigenvalue weighted by Gasteiger charge is 2.38. The lowest BCUT2D eigenvalue weighted by Gasteiger charge is -2.37. The van der Waals surface area contributed by atoms with Gasteiger partial charge in [0, 0.05) is 19.6 Å². The normalized spacial score (nSPS) is 23.7. The molecule has 4 heteroatoms. The van der Waals surface area contributed by atoms with Crippen LogP contribution in [0, 0.1) is 0 Å². The molecule has 0 bridgehead atoms. The van der Waals surface area contributed by atoms with E-state index in [9.17, 15) is 9.90 Å². The van der Waals surface area contributed by atoms with Crippen LogP contribution in [-0.4, -0.2) is 59.6 Å². The maximum atomic E-state index is 11.4. The van der Waals surface area contributed by atoms with Crippen LogP contribution in [0.3, 0.4) is 0 Å². The number of carboxylic acids is 1. The van der Waals surface area contributed by atoms with Crippen molar-refractivity contribution in [1.82, 2.24) is 9.80 Å². The molecule has 1 heterocycles. The van der Waals surface area contributed by atoms with Gasteiger partial charge >= 0.3 is 5.97 Å². The molecular weight excluding hydrogens is 204 g/mol. The Morgan fingerprint density at radius 3 is 2.56 bits per heavy atom. The van der Waals surface area contributed by atoms with Gasteiger partial charge in [-0.05, 0) is 33.4 Å². The molecule has 0 amide bonds. The van der Waals surface area contributed by atoms with Crippen molar-refractivity contribution in [2.24, 2.45) is 0 Å². The molecule has 1 rings (SSSR count). The van der Waals surface area contributed by atoms with Gasteiger partial charge < -0.3 is 10.0 Å². The molecule has 0 aromatic rings. The minimum absolute atomic E-state index is 0.681. The van der Waals surface area contributed by atoms with Crippen LogP contribution in [0.5, 0.6) is 0 Å². The maximum absolute atomic E-state index is 11.4. The molecule has 0 saturated carbocycles. The summed E-state index contributed by atoms with van der Waals surface area (Å²) in [6, 6.07) is 0. The third-order valence-electron chi connectivity index (χ3n) is 3.61. The molecule has 16 heavy (non-hydrogen) atoms. The Labute approximate surface area is 98.2 Å². The molecule has 1 aliphatic rings. The second-order valence-electron chi connectivity index (χ2n) is 4.97. The van der Waals surface area contributed by atoms with E-state index in [4.69, 9.17) is 0 Å². The molecule has 1 N–H and O–H groups in total. The Morgan fingerprint density at radius 1 is 1.31 bits per heavy atom. The Balaban J connectivity index is 2.73. The Bertz CT molecular complexity index is 245. The molecule has 0 radical (unpaired) electrons. The average molecular weight is 228 g/mol. The van der Waals surface area contributed by atoms with Gasteiger partial charge in [0.2, 0.25) is 0 Å². The quantitative estimate of drug-likeness (QED) is 0.787. The first-order valence-corrected chi connectivity index (χ1v) is 6.17. The molecule has 0 aliphatic carbocycles. The number of likely N-dealkylation sites (N-methyl/N-ethyl adjacent to an activating group) is 1. The summed E-state index contributed by atoms with van der Waals surface area (Å²) >= 11 is 0. The first kappa shape index (κ1) is 13.5. The predicted octanol–water partition coefficient (Wildman–Crippen LogP) is 1.27. The molecule has 0 spiro atoms. The Morgan fingerprint density at radius 2 is 2.00 bits per heavy atom. The van der Waals surface area contributed by atoms with Crippen molar-refractivity contribution in [3.05, 3.63) is 0 Å². The molecule has 1 unspecified atom stereocenters. The highest BCUT2D eigenvalue weighted by atomic mass is 16.4. The summed E-state index contributed by atoms with van der Waals surface area (Å²) in [4.78, 5) is 15.9. The van der Waals surface area contributed by atoms with Crippen molar-refractivity contribution in [2.75, 3.05) is 33.2 Å². The van der Waals surface area contributed by atoms with E-state index in [2.05, 4.69) is 16.8 Å². The first-order valence-electron chi connectivity index (χ1n) is 6.17. The third kappa shape index (κ3) is 2.95. The number of nitrogens with zero attached hydrogens (tertiary/aromatic N) is 2. The van der Waals surface area contributed by atoms with Crippen LogP contribution >= 0.6 is 0 Å². The van der Waals surface area contributed by atoms with Gasteiger partial charge in [0.25, 0.3) is 0 Å². The summed E-state index contributed by atoms with van der Waals surface area (Å²) in [5.74, 6) is -0.682. The van der Waals surface area contributed by atoms with Crippen molar-refractivity contribution in [2.45, 2.75) is 38.6 Å². The van der Waals surface area contributed by atoms with Crippen LogP contribution < -0.4 is 0 Å². The van der Waals surface area contributed by atoms with Crippen LogP contribution in [0.1, 0.15) is 33.1 Å². The van der Waals surface area contributed by atoms with Crippen molar-refractivity contribution >= 4 is 5.97 Å². The molecule has 1 saturated heterocycles. The zero-order valence-corrected chi connectivity index (χ0v) is 10.7. The standard InChI is InChI=1S/C12H24N2O2/c1-4-6-12(2,11(15)16)14-8-5-7-13(3)9-10-14/h4-10H2,1-3H3,(H,15,16). The first-order chi connectivity index (χ1) is 7.50. The van der Waals surface area contributed by atoms with Crippen molar-refractivity contribution in [3.63, 3.8) is 0 Å². The topological polar surface area (TPSA) is 43.8 Å². The lowest BCUT2D eigenvalue weighted by molar-refractivity contribution is -0.151. The van der Waals surface area contributed by atoms with E-state index in [-0.39, 0.29) is 0 Å². The van der Waals surface area contributed by atoms with Crippen LogP contribution in [0.25, 0.3) is 0 Å². The summed E-state index contributed by atoms with van der Waals surface area (Å²) < 4.78 is 0. The molecule has 0 aromatic carbocycles. The van der Waals surface area contributed by atoms with E-state index >= 15 is 0 Å². The van der Waals surface area contributed by atoms with E-state index in [1.54, 1.807) is 0 Å². The monoisotopic (exact) mass is 228 g/mol. The van der Waals surface area contributed by atoms with E-state index in [0.717, 1.165) is 45.4 Å². The van der Waals surface area contributed by atoms with Gasteiger partial charge in [0.05, 0.1) is 0 Å². The van der Waals surface area contributed by atoms with Gasteiger partial charge in [-0.3, -0.25) is 9.69 Å².